The molecule has 0 bridgehead atoms. The first-order chi connectivity index (χ1) is 9.75. The molecular weight excluding hydrogens is 291 g/mol. The van der Waals surface area contributed by atoms with E-state index in [-0.39, 0.29) is 6.54 Å². The third-order valence-corrected chi connectivity index (χ3v) is 3.55. The van der Waals surface area contributed by atoms with Gasteiger partial charge >= 0.3 is 0 Å². The Bertz CT molecular complexity index is 677. The van der Waals surface area contributed by atoms with Gasteiger partial charge in [0.2, 0.25) is 5.82 Å². The van der Waals surface area contributed by atoms with Crippen LogP contribution in [0.2, 0.25) is 0 Å². The lowest BCUT2D eigenvalue weighted by atomic mass is 10.2. The Morgan fingerprint density at radius 1 is 0.905 bits per heavy atom. The summed E-state index contributed by atoms with van der Waals surface area (Å²) in [5.74, 6) is -9.81. The van der Waals surface area contributed by atoms with Crippen LogP contribution < -0.4 is 5.32 Å². The van der Waals surface area contributed by atoms with E-state index in [0.29, 0.717) is 5.56 Å². The predicted molar refractivity (Wildman–Crippen MR) is 68.4 cm³/mol. The first-order valence-corrected chi connectivity index (χ1v) is 6.12. The van der Waals surface area contributed by atoms with E-state index in [0.717, 1.165) is 11.4 Å². The minimum absolute atomic E-state index is 0.0497. The molecule has 1 aromatic heterocycles. The summed E-state index contributed by atoms with van der Waals surface area (Å²) in [6.45, 7) is 3.59. The average Bonchev–Trinajstić information content (AvgIpc) is 2.70. The fourth-order valence-electron chi connectivity index (χ4n) is 2.06. The van der Waals surface area contributed by atoms with Crippen molar-refractivity contribution in [1.82, 2.24) is 4.57 Å². The van der Waals surface area contributed by atoms with Gasteiger partial charge in [-0.05, 0) is 25.5 Å². The maximum Gasteiger partial charge on any atom is 0.200 e. The van der Waals surface area contributed by atoms with Gasteiger partial charge in [0.1, 0.15) is 5.69 Å². The van der Waals surface area contributed by atoms with Crippen molar-refractivity contribution in [2.24, 2.45) is 7.05 Å². The largest absolute Gasteiger partial charge is 0.376 e. The zero-order valence-corrected chi connectivity index (χ0v) is 11.6. The second-order valence-corrected chi connectivity index (χ2v) is 4.75. The number of hydrogen-bond donors (Lipinski definition) is 1. The molecule has 1 heterocycles. The molecule has 1 N–H and O–H groups in total. The molecule has 0 fully saturated rings. The first-order valence-electron chi connectivity index (χ1n) is 6.12. The predicted octanol–water partition coefficient (Wildman–Crippen LogP) is 3.95. The number of anilines is 1. The van der Waals surface area contributed by atoms with Gasteiger partial charge in [0.25, 0.3) is 0 Å². The molecule has 114 valence electrons. The van der Waals surface area contributed by atoms with Crippen LogP contribution in [0.4, 0.5) is 27.6 Å². The minimum atomic E-state index is -2.16. The highest BCUT2D eigenvalue weighted by molar-refractivity contribution is 5.48. The molecule has 0 radical (unpaired) electrons. The van der Waals surface area contributed by atoms with Crippen molar-refractivity contribution in [3.63, 3.8) is 0 Å². The van der Waals surface area contributed by atoms with Gasteiger partial charge in [0.05, 0.1) is 0 Å². The lowest BCUT2D eigenvalue weighted by Gasteiger charge is -2.11. The summed E-state index contributed by atoms with van der Waals surface area (Å²) in [5, 5.41) is 2.28. The molecule has 0 aliphatic heterocycles. The molecule has 0 amide bonds. The van der Waals surface area contributed by atoms with Gasteiger partial charge in [-0.25, -0.2) is 22.0 Å². The van der Waals surface area contributed by atoms with Crippen molar-refractivity contribution in [3.05, 3.63) is 52.1 Å². The van der Waals surface area contributed by atoms with Crippen molar-refractivity contribution in [2.75, 3.05) is 5.32 Å². The molecule has 0 spiro atoms. The van der Waals surface area contributed by atoms with Crippen LogP contribution in [0.25, 0.3) is 0 Å². The van der Waals surface area contributed by atoms with Crippen molar-refractivity contribution < 1.29 is 22.0 Å². The molecular formula is C14H13F5N2. The second-order valence-electron chi connectivity index (χ2n) is 4.75. The number of aryl methyl sites for hydroxylation is 1. The smallest absolute Gasteiger partial charge is 0.200 e. The summed E-state index contributed by atoms with van der Waals surface area (Å²) in [6.07, 6.45) is 0. The standard InChI is InChI=1S/C14H13F5N2/c1-6-4-8(7(2)21(6)3)5-20-14-12(18)10(16)9(15)11(17)13(14)19/h4,20H,5H2,1-3H3. The van der Waals surface area contributed by atoms with E-state index in [1.54, 1.807) is 13.0 Å². The van der Waals surface area contributed by atoms with Crippen LogP contribution in [0.1, 0.15) is 17.0 Å². The highest BCUT2D eigenvalue weighted by atomic mass is 19.2. The summed E-state index contributed by atoms with van der Waals surface area (Å²) >= 11 is 0. The molecule has 0 aliphatic rings. The minimum Gasteiger partial charge on any atom is -0.376 e. The third kappa shape index (κ3) is 2.48. The van der Waals surface area contributed by atoms with Crippen molar-refractivity contribution in [3.8, 4) is 0 Å². The van der Waals surface area contributed by atoms with Crippen molar-refractivity contribution in [1.29, 1.82) is 0 Å². The van der Waals surface area contributed by atoms with Crippen LogP contribution >= 0.6 is 0 Å². The molecule has 2 nitrogen and oxygen atoms in total. The van der Waals surface area contributed by atoms with Gasteiger partial charge < -0.3 is 9.88 Å². The average molecular weight is 304 g/mol. The topological polar surface area (TPSA) is 17.0 Å². The highest BCUT2D eigenvalue weighted by Crippen LogP contribution is 2.27. The first kappa shape index (κ1) is 15.3. The molecule has 2 aromatic rings. The fraction of sp³-hybridized carbons (Fsp3) is 0.286. The van der Waals surface area contributed by atoms with Crippen molar-refractivity contribution in [2.45, 2.75) is 20.4 Å². The zero-order valence-electron chi connectivity index (χ0n) is 11.6. The molecule has 2 rings (SSSR count). The van der Waals surface area contributed by atoms with Gasteiger partial charge in [-0.1, -0.05) is 0 Å². The van der Waals surface area contributed by atoms with E-state index in [2.05, 4.69) is 5.32 Å². The Morgan fingerprint density at radius 3 is 1.81 bits per heavy atom. The van der Waals surface area contributed by atoms with E-state index >= 15 is 0 Å². The zero-order chi connectivity index (χ0) is 15.9. The molecule has 0 unspecified atom stereocenters. The molecule has 0 saturated heterocycles. The number of nitrogens with zero attached hydrogens (tertiary/aromatic N) is 1. The van der Waals surface area contributed by atoms with Gasteiger partial charge in [-0.2, -0.15) is 0 Å². The maximum absolute atomic E-state index is 13.5. The third-order valence-electron chi connectivity index (χ3n) is 3.55. The highest BCUT2D eigenvalue weighted by Gasteiger charge is 2.25. The molecule has 0 atom stereocenters. The molecule has 7 heteroatoms. The number of rotatable bonds is 3. The lowest BCUT2D eigenvalue weighted by molar-refractivity contribution is 0.381. The number of hydrogen-bond acceptors (Lipinski definition) is 1. The van der Waals surface area contributed by atoms with Crippen LogP contribution in [0.15, 0.2) is 6.07 Å². The number of nitrogens with one attached hydrogen (secondary N) is 1. The Hall–Kier alpha value is -2.05. The SMILES string of the molecule is Cc1cc(CNc2c(F)c(F)c(F)c(F)c2F)c(C)n1C. The number of benzene rings is 1. The Labute approximate surface area is 118 Å². The van der Waals surface area contributed by atoms with E-state index in [1.807, 2.05) is 18.5 Å². The summed E-state index contributed by atoms with van der Waals surface area (Å²) < 4.78 is 67.9. The van der Waals surface area contributed by atoms with Gasteiger partial charge in [0, 0.05) is 25.0 Å². The van der Waals surface area contributed by atoms with Crippen LogP contribution in [0.3, 0.4) is 0 Å². The molecule has 0 saturated carbocycles. The molecule has 21 heavy (non-hydrogen) atoms. The van der Waals surface area contributed by atoms with E-state index in [1.165, 1.54) is 0 Å². The maximum atomic E-state index is 13.5. The van der Waals surface area contributed by atoms with Crippen LogP contribution in [0.5, 0.6) is 0 Å². The normalized spacial score (nSPS) is 11.0. The molecule has 1 aromatic carbocycles. The van der Waals surface area contributed by atoms with E-state index < -0.39 is 34.8 Å². The fourth-order valence-corrected chi connectivity index (χ4v) is 2.06. The molecule has 0 aliphatic carbocycles. The summed E-state index contributed by atoms with van der Waals surface area (Å²) in [7, 11) is 1.81. The lowest BCUT2D eigenvalue weighted by Crippen LogP contribution is -2.10. The van der Waals surface area contributed by atoms with Gasteiger partial charge in [-0.3, -0.25) is 0 Å². The number of aromatic nitrogens is 1. The van der Waals surface area contributed by atoms with Crippen LogP contribution in [-0.4, -0.2) is 4.57 Å². The van der Waals surface area contributed by atoms with E-state index in [4.69, 9.17) is 0 Å². The number of halogens is 5. The Morgan fingerprint density at radius 2 is 1.38 bits per heavy atom. The quantitative estimate of drug-likeness (QED) is 0.516. The Kier molecular flexibility index (Phi) is 3.93. The van der Waals surface area contributed by atoms with Crippen LogP contribution in [0, 0.1) is 42.9 Å². The Balaban J connectivity index is 2.35. The monoisotopic (exact) mass is 304 g/mol. The summed E-state index contributed by atoms with van der Waals surface area (Å²) in [6, 6.07) is 1.77. The second kappa shape index (κ2) is 5.38. The summed E-state index contributed by atoms with van der Waals surface area (Å²) in [5.41, 5.74) is 1.44. The van der Waals surface area contributed by atoms with Gasteiger partial charge in [-0.15, -0.1) is 0 Å². The van der Waals surface area contributed by atoms with Crippen molar-refractivity contribution >= 4 is 5.69 Å². The summed E-state index contributed by atoms with van der Waals surface area (Å²) in [4.78, 5) is 0. The van der Waals surface area contributed by atoms with Gasteiger partial charge in [0.15, 0.2) is 23.3 Å². The van der Waals surface area contributed by atoms with Crippen LogP contribution in [-0.2, 0) is 13.6 Å². The van der Waals surface area contributed by atoms with E-state index in [9.17, 15) is 22.0 Å².